The van der Waals surface area contributed by atoms with Gasteiger partial charge in [-0.2, -0.15) is 0 Å². The molecule has 0 amide bonds. The second-order valence-electron chi connectivity index (χ2n) is 5.95. The Balaban J connectivity index is 1.98. The number of hydrogen-bond acceptors (Lipinski definition) is 2. The molecule has 0 radical (unpaired) electrons. The zero-order valence-electron chi connectivity index (χ0n) is 11.2. The van der Waals surface area contributed by atoms with Gasteiger partial charge in [-0.25, -0.2) is 4.39 Å². The summed E-state index contributed by atoms with van der Waals surface area (Å²) in [6.45, 7) is 4.91. The van der Waals surface area contributed by atoms with Gasteiger partial charge in [-0.3, -0.25) is 0 Å². The highest BCUT2D eigenvalue weighted by Crippen LogP contribution is 2.36. The second-order valence-corrected chi connectivity index (χ2v) is 5.95. The Morgan fingerprint density at radius 1 is 1.33 bits per heavy atom. The summed E-state index contributed by atoms with van der Waals surface area (Å²) in [5.41, 5.74) is 6.68. The lowest BCUT2D eigenvalue weighted by molar-refractivity contribution is 0.0952. The van der Waals surface area contributed by atoms with E-state index >= 15 is 0 Å². The molecule has 0 heterocycles. The molecule has 0 aromatic heterocycles. The summed E-state index contributed by atoms with van der Waals surface area (Å²) in [6.07, 6.45) is 4.44. The van der Waals surface area contributed by atoms with E-state index in [1.807, 2.05) is 6.07 Å². The summed E-state index contributed by atoms with van der Waals surface area (Å²) >= 11 is 0. The summed E-state index contributed by atoms with van der Waals surface area (Å²) in [7, 11) is 0. The summed E-state index contributed by atoms with van der Waals surface area (Å²) < 4.78 is 19.5. The fourth-order valence-electron chi connectivity index (χ4n) is 2.44. The maximum Gasteiger partial charge on any atom is 0.165 e. The van der Waals surface area contributed by atoms with Gasteiger partial charge in [0, 0.05) is 6.54 Å². The molecule has 2 rings (SSSR count). The zero-order chi connectivity index (χ0) is 13.2. The van der Waals surface area contributed by atoms with E-state index in [2.05, 4.69) is 13.8 Å². The summed E-state index contributed by atoms with van der Waals surface area (Å²) in [5, 5.41) is 0. The van der Waals surface area contributed by atoms with Crippen molar-refractivity contribution in [1.82, 2.24) is 0 Å². The Morgan fingerprint density at radius 3 is 2.56 bits per heavy atom. The third-order valence-electron chi connectivity index (χ3n) is 3.81. The molecule has 2 N–H and O–H groups in total. The lowest BCUT2D eigenvalue weighted by Crippen LogP contribution is -2.28. The van der Waals surface area contributed by atoms with E-state index in [4.69, 9.17) is 10.5 Å². The Labute approximate surface area is 108 Å². The van der Waals surface area contributed by atoms with Gasteiger partial charge in [0.1, 0.15) is 0 Å². The van der Waals surface area contributed by atoms with Gasteiger partial charge < -0.3 is 10.5 Å². The fourth-order valence-corrected chi connectivity index (χ4v) is 2.44. The predicted octanol–water partition coefficient (Wildman–Crippen LogP) is 3.63. The molecule has 1 aliphatic rings. The molecule has 18 heavy (non-hydrogen) atoms. The van der Waals surface area contributed by atoms with Gasteiger partial charge in [0.05, 0.1) is 6.10 Å². The molecule has 2 nitrogen and oxygen atoms in total. The summed E-state index contributed by atoms with van der Waals surface area (Å²) in [4.78, 5) is 0. The van der Waals surface area contributed by atoms with Crippen LogP contribution in [0.5, 0.6) is 5.75 Å². The van der Waals surface area contributed by atoms with Crippen LogP contribution >= 0.6 is 0 Å². The molecule has 1 aromatic rings. The van der Waals surface area contributed by atoms with E-state index in [1.54, 1.807) is 6.07 Å². The normalized spacial score (nSPS) is 19.8. The lowest BCUT2D eigenvalue weighted by atomic mass is 9.76. The van der Waals surface area contributed by atoms with Crippen LogP contribution in [0.1, 0.15) is 45.1 Å². The number of rotatable bonds is 3. The van der Waals surface area contributed by atoms with E-state index in [1.165, 1.54) is 6.07 Å². The van der Waals surface area contributed by atoms with Crippen LogP contribution in [0, 0.1) is 11.2 Å². The summed E-state index contributed by atoms with van der Waals surface area (Å²) in [5.74, 6) is 0.0553. The minimum Gasteiger partial charge on any atom is -0.487 e. The monoisotopic (exact) mass is 251 g/mol. The van der Waals surface area contributed by atoms with Crippen LogP contribution < -0.4 is 10.5 Å². The molecule has 0 atom stereocenters. The van der Waals surface area contributed by atoms with Crippen molar-refractivity contribution < 1.29 is 9.13 Å². The third kappa shape index (κ3) is 3.22. The van der Waals surface area contributed by atoms with E-state index in [0.29, 0.717) is 17.7 Å². The van der Waals surface area contributed by atoms with Crippen LogP contribution in [0.4, 0.5) is 4.39 Å². The molecule has 1 aromatic carbocycles. The van der Waals surface area contributed by atoms with Gasteiger partial charge in [0.25, 0.3) is 0 Å². The van der Waals surface area contributed by atoms with Crippen molar-refractivity contribution in [2.75, 3.05) is 0 Å². The first-order chi connectivity index (χ1) is 8.50. The minimum atomic E-state index is -0.303. The Bertz CT molecular complexity index is 407. The number of hydrogen-bond donors (Lipinski definition) is 1. The molecule has 0 spiro atoms. The minimum absolute atomic E-state index is 0.149. The maximum absolute atomic E-state index is 13.8. The first kappa shape index (κ1) is 13.3. The fraction of sp³-hybridized carbons (Fsp3) is 0.600. The molecule has 0 bridgehead atoms. The Kier molecular flexibility index (Phi) is 3.91. The van der Waals surface area contributed by atoms with Crippen LogP contribution in [-0.2, 0) is 6.54 Å². The maximum atomic E-state index is 13.8. The van der Waals surface area contributed by atoms with Crippen molar-refractivity contribution in [1.29, 1.82) is 0 Å². The SMILES string of the molecule is CC1(C)CCC(Oc2ccc(CN)cc2F)CC1. The van der Waals surface area contributed by atoms with Gasteiger partial charge in [-0.1, -0.05) is 19.9 Å². The molecular weight excluding hydrogens is 229 g/mol. The number of nitrogens with two attached hydrogens (primary N) is 1. The average molecular weight is 251 g/mol. The molecule has 0 aliphatic heterocycles. The largest absolute Gasteiger partial charge is 0.487 e. The molecule has 100 valence electrons. The van der Waals surface area contributed by atoms with Crippen molar-refractivity contribution in [3.05, 3.63) is 29.6 Å². The van der Waals surface area contributed by atoms with Gasteiger partial charge in [0.2, 0.25) is 0 Å². The van der Waals surface area contributed by atoms with Crippen LogP contribution in [0.15, 0.2) is 18.2 Å². The molecule has 1 saturated carbocycles. The van der Waals surface area contributed by atoms with Gasteiger partial charge in [-0.05, 0) is 48.8 Å². The third-order valence-corrected chi connectivity index (χ3v) is 3.81. The second kappa shape index (κ2) is 5.27. The van der Waals surface area contributed by atoms with Crippen molar-refractivity contribution >= 4 is 0 Å². The molecule has 0 unspecified atom stereocenters. The Hall–Kier alpha value is -1.09. The average Bonchev–Trinajstić information content (AvgIpc) is 2.34. The topological polar surface area (TPSA) is 35.2 Å². The first-order valence-corrected chi connectivity index (χ1v) is 6.65. The summed E-state index contributed by atoms with van der Waals surface area (Å²) in [6, 6.07) is 4.98. The zero-order valence-corrected chi connectivity index (χ0v) is 11.2. The Morgan fingerprint density at radius 2 is 2.00 bits per heavy atom. The van der Waals surface area contributed by atoms with E-state index in [9.17, 15) is 4.39 Å². The smallest absolute Gasteiger partial charge is 0.165 e. The van der Waals surface area contributed by atoms with Gasteiger partial charge >= 0.3 is 0 Å². The number of benzene rings is 1. The molecule has 1 aliphatic carbocycles. The molecule has 3 heteroatoms. The first-order valence-electron chi connectivity index (χ1n) is 6.65. The van der Waals surface area contributed by atoms with E-state index in [0.717, 1.165) is 31.2 Å². The predicted molar refractivity (Wildman–Crippen MR) is 71.0 cm³/mol. The highest BCUT2D eigenvalue weighted by Gasteiger charge is 2.28. The lowest BCUT2D eigenvalue weighted by Gasteiger charge is -2.34. The van der Waals surface area contributed by atoms with Gasteiger partial charge in [-0.15, -0.1) is 0 Å². The quantitative estimate of drug-likeness (QED) is 0.890. The number of halogens is 1. The molecular formula is C15H22FNO. The van der Waals surface area contributed by atoms with Gasteiger partial charge in [0.15, 0.2) is 11.6 Å². The van der Waals surface area contributed by atoms with Crippen LogP contribution in [0.3, 0.4) is 0 Å². The van der Waals surface area contributed by atoms with Crippen LogP contribution in [0.25, 0.3) is 0 Å². The highest BCUT2D eigenvalue weighted by molar-refractivity contribution is 5.29. The standard InChI is InChI=1S/C15H22FNO/c1-15(2)7-5-12(6-8-15)18-14-4-3-11(10-17)9-13(14)16/h3-4,9,12H,5-8,10,17H2,1-2H3. The molecule has 0 saturated heterocycles. The van der Waals surface area contributed by atoms with Crippen molar-refractivity contribution in [3.8, 4) is 5.75 Å². The van der Waals surface area contributed by atoms with Crippen molar-refractivity contribution in [2.45, 2.75) is 52.2 Å². The van der Waals surface area contributed by atoms with Crippen molar-refractivity contribution in [3.63, 3.8) is 0 Å². The molecule has 1 fully saturated rings. The van der Waals surface area contributed by atoms with E-state index < -0.39 is 0 Å². The van der Waals surface area contributed by atoms with Crippen molar-refractivity contribution in [2.24, 2.45) is 11.1 Å². The van der Waals surface area contributed by atoms with E-state index in [-0.39, 0.29) is 11.9 Å². The van der Waals surface area contributed by atoms with Crippen LogP contribution in [0.2, 0.25) is 0 Å². The van der Waals surface area contributed by atoms with Crippen LogP contribution in [-0.4, -0.2) is 6.10 Å². The highest BCUT2D eigenvalue weighted by atomic mass is 19.1. The number of ether oxygens (including phenoxy) is 1.